The van der Waals surface area contributed by atoms with Gasteiger partial charge in [-0.3, -0.25) is 9.69 Å². The first kappa shape index (κ1) is 21.7. The fraction of sp³-hybridized carbons (Fsp3) is 0.762. The number of carboxylic acid groups (broad SMARTS) is 1. The molecule has 1 heterocycles. The summed E-state index contributed by atoms with van der Waals surface area (Å²) in [6.45, 7) is 6.27. The van der Waals surface area contributed by atoms with Crippen LogP contribution < -0.4 is 0 Å². The van der Waals surface area contributed by atoms with Crippen molar-refractivity contribution in [2.75, 3.05) is 13.1 Å². The van der Waals surface area contributed by atoms with Crippen LogP contribution in [-0.2, 0) is 4.79 Å². The van der Waals surface area contributed by atoms with E-state index in [-0.39, 0.29) is 12.3 Å². The maximum absolute atomic E-state index is 10.5. The number of likely N-dealkylation sites (tertiary alicyclic amines) is 1. The summed E-state index contributed by atoms with van der Waals surface area (Å²) in [7, 11) is 0. The first-order chi connectivity index (χ1) is 12.0. The van der Waals surface area contributed by atoms with E-state index in [0.29, 0.717) is 6.04 Å². The molecular weight excluding hydrogens is 314 g/mol. The van der Waals surface area contributed by atoms with Crippen molar-refractivity contribution in [3.63, 3.8) is 0 Å². The third kappa shape index (κ3) is 9.67. The summed E-state index contributed by atoms with van der Waals surface area (Å²) in [5.41, 5.74) is 0. The highest BCUT2D eigenvalue weighted by Crippen LogP contribution is 2.20. The number of aliphatic carboxylic acids is 1. The third-order valence-corrected chi connectivity index (χ3v) is 4.84. The molecule has 25 heavy (non-hydrogen) atoms. The van der Waals surface area contributed by atoms with Crippen LogP contribution in [0, 0.1) is 17.8 Å². The first-order valence-corrected chi connectivity index (χ1v) is 9.82. The molecule has 0 spiro atoms. The van der Waals surface area contributed by atoms with E-state index in [1.807, 2.05) is 19.9 Å². The summed E-state index contributed by atoms with van der Waals surface area (Å²) in [5.74, 6) is 5.64. The van der Waals surface area contributed by atoms with Crippen LogP contribution in [0.25, 0.3) is 0 Å². The zero-order valence-corrected chi connectivity index (χ0v) is 15.9. The lowest BCUT2D eigenvalue weighted by Crippen LogP contribution is -2.29. The Bertz CT molecular complexity index is 463. The molecule has 0 aromatic rings. The number of hydrogen-bond acceptors (Lipinski definition) is 3. The minimum Gasteiger partial charge on any atom is -0.481 e. The van der Waals surface area contributed by atoms with Crippen LogP contribution in [0.2, 0.25) is 0 Å². The van der Waals surface area contributed by atoms with Gasteiger partial charge in [0, 0.05) is 25.3 Å². The van der Waals surface area contributed by atoms with Gasteiger partial charge in [-0.25, -0.2) is 0 Å². The molecule has 0 aromatic heterocycles. The molecule has 1 rings (SSSR count). The molecular formula is C21H35NO3. The van der Waals surface area contributed by atoms with E-state index >= 15 is 0 Å². The molecule has 4 nitrogen and oxygen atoms in total. The van der Waals surface area contributed by atoms with Crippen LogP contribution >= 0.6 is 0 Å². The number of aliphatic hydroxyl groups is 1. The van der Waals surface area contributed by atoms with Crippen LogP contribution in [0.3, 0.4) is 0 Å². The van der Waals surface area contributed by atoms with Gasteiger partial charge in [-0.05, 0) is 44.7 Å². The van der Waals surface area contributed by atoms with E-state index in [4.69, 9.17) is 5.11 Å². The van der Waals surface area contributed by atoms with Gasteiger partial charge in [0.25, 0.3) is 0 Å². The molecule has 3 atom stereocenters. The summed E-state index contributed by atoms with van der Waals surface area (Å²) < 4.78 is 0. The van der Waals surface area contributed by atoms with Crippen molar-refractivity contribution in [2.45, 2.75) is 83.8 Å². The Labute approximate surface area is 153 Å². The lowest BCUT2D eigenvalue weighted by Gasteiger charge is -2.22. The van der Waals surface area contributed by atoms with Gasteiger partial charge in [-0.1, -0.05) is 38.8 Å². The molecule has 1 saturated heterocycles. The van der Waals surface area contributed by atoms with E-state index in [2.05, 4.69) is 22.8 Å². The second-order valence-corrected chi connectivity index (χ2v) is 7.07. The number of hydrogen-bond donors (Lipinski definition) is 2. The van der Waals surface area contributed by atoms with Crippen molar-refractivity contribution in [1.82, 2.24) is 4.90 Å². The molecule has 0 aromatic carbocycles. The zero-order valence-electron chi connectivity index (χ0n) is 15.9. The topological polar surface area (TPSA) is 60.8 Å². The van der Waals surface area contributed by atoms with Crippen LogP contribution in [0.1, 0.15) is 71.6 Å². The van der Waals surface area contributed by atoms with Crippen molar-refractivity contribution in [3.8, 4) is 11.8 Å². The Kier molecular flexibility index (Phi) is 11.3. The van der Waals surface area contributed by atoms with Crippen molar-refractivity contribution >= 4 is 5.97 Å². The predicted molar refractivity (Wildman–Crippen MR) is 102 cm³/mol. The Morgan fingerprint density at radius 3 is 2.76 bits per heavy atom. The monoisotopic (exact) mass is 349 g/mol. The molecule has 4 heteroatoms. The number of unbranched alkanes of at least 4 members (excludes halogenated alkanes) is 3. The number of rotatable bonds is 11. The van der Waals surface area contributed by atoms with Gasteiger partial charge in [-0.15, -0.1) is 11.8 Å². The Hall–Kier alpha value is -1.31. The fourth-order valence-electron chi connectivity index (χ4n) is 3.20. The van der Waals surface area contributed by atoms with Gasteiger partial charge < -0.3 is 10.2 Å². The second-order valence-electron chi connectivity index (χ2n) is 7.07. The first-order valence-electron chi connectivity index (χ1n) is 9.82. The molecule has 1 aliphatic heterocycles. The van der Waals surface area contributed by atoms with Gasteiger partial charge in [0.2, 0.25) is 0 Å². The average Bonchev–Trinajstić information content (AvgIpc) is 3.03. The summed E-state index contributed by atoms with van der Waals surface area (Å²) in [5, 5.41) is 18.9. The number of carbonyl (C=O) groups is 1. The van der Waals surface area contributed by atoms with Gasteiger partial charge in [0.1, 0.15) is 0 Å². The summed E-state index contributed by atoms with van der Waals surface area (Å²) in [6.07, 6.45) is 12.0. The molecule has 1 fully saturated rings. The Balaban J connectivity index is 2.28. The summed E-state index contributed by atoms with van der Waals surface area (Å²) in [6, 6.07) is 0.433. The van der Waals surface area contributed by atoms with Crippen LogP contribution in [0.15, 0.2) is 12.2 Å². The normalized spacial score (nSPS) is 20.4. The largest absolute Gasteiger partial charge is 0.481 e. The molecule has 0 bridgehead atoms. The molecule has 0 radical (unpaired) electrons. The quantitative estimate of drug-likeness (QED) is 0.338. The third-order valence-electron chi connectivity index (χ3n) is 4.84. The van der Waals surface area contributed by atoms with Crippen LogP contribution in [0.4, 0.5) is 0 Å². The molecule has 1 aliphatic rings. The molecule has 2 N–H and O–H groups in total. The Morgan fingerprint density at radius 1 is 1.28 bits per heavy atom. The minimum atomic E-state index is -0.696. The zero-order chi connectivity index (χ0) is 18.5. The number of carboxylic acids is 1. The molecule has 142 valence electrons. The molecule has 0 saturated carbocycles. The van der Waals surface area contributed by atoms with E-state index in [0.717, 1.165) is 58.0 Å². The highest BCUT2D eigenvalue weighted by Gasteiger charge is 2.22. The van der Waals surface area contributed by atoms with Crippen molar-refractivity contribution in [3.05, 3.63) is 12.2 Å². The SMILES string of the molecule is CCC#CCC(C)[C@@H](O)/C=C/[C@H]1CCCN1CCCCCCC(=O)O. The van der Waals surface area contributed by atoms with Crippen molar-refractivity contribution in [2.24, 2.45) is 5.92 Å². The summed E-state index contributed by atoms with van der Waals surface area (Å²) in [4.78, 5) is 13.0. The smallest absolute Gasteiger partial charge is 0.303 e. The number of nitrogens with zero attached hydrogens (tertiary/aromatic N) is 1. The van der Waals surface area contributed by atoms with Crippen molar-refractivity contribution < 1.29 is 15.0 Å². The van der Waals surface area contributed by atoms with Gasteiger partial charge in [0.15, 0.2) is 0 Å². The van der Waals surface area contributed by atoms with Crippen LogP contribution in [0.5, 0.6) is 0 Å². The fourth-order valence-corrected chi connectivity index (χ4v) is 3.20. The molecule has 0 aliphatic carbocycles. The van der Waals surface area contributed by atoms with Gasteiger partial charge >= 0.3 is 5.97 Å². The van der Waals surface area contributed by atoms with Crippen molar-refractivity contribution in [1.29, 1.82) is 0 Å². The summed E-state index contributed by atoms with van der Waals surface area (Å²) >= 11 is 0. The predicted octanol–water partition coefficient (Wildman–Crippen LogP) is 3.84. The average molecular weight is 350 g/mol. The highest BCUT2D eigenvalue weighted by atomic mass is 16.4. The lowest BCUT2D eigenvalue weighted by atomic mass is 10.00. The minimum absolute atomic E-state index is 0.166. The van der Waals surface area contributed by atoms with Gasteiger partial charge in [0.05, 0.1) is 6.10 Å². The molecule has 1 unspecified atom stereocenters. The van der Waals surface area contributed by atoms with Crippen LogP contribution in [-0.4, -0.2) is 46.3 Å². The lowest BCUT2D eigenvalue weighted by molar-refractivity contribution is -0.137. The van der Waals surface area contributed by atoms with Gasteiger partial charge in [-0.2, -0.15) is 0 Å². The Morgan fingerprint density at radius 2 is 2.04 bits per heavy atom. The maximum atomic E-state index is 10.5. The van der Waals surface area contributed by atoms with E-state index in [1.54, 1.807) is 0 Å². The standard InChI is InChI=1S/C21H35NO3/c1-3-4-7-11-18(2)20(23)15-14-19-12-10-17-22(19)16-9-6-5-8-13-21(24)25/h14-15,18-20,23H,3,5-6,8-13,16-17H2,1-2H3,(H,24,25)/b15-14+/t18?,19-,20+/m1/s1. The highest BCUT2D eigenvalue weighted by molar-refractivity contribution is 5.66. The van der Waals surface area contributed by atoms with E-state index in [9.17, 15) is 9.90 Å². The maximum Gasteiger partial charge on any atom is 0.303 e. The van der Waals surface area contributed by atoms with E-state index in [1.165, 1.54) is 6.42 Å². The molecule has 0 amide bonds. The second kappa shape index (κ2) is 13.0. The number of aliphatic hydroxyl groups excluding tert-OH is 1. The van der Waals surface area contributed by atoms with E-state index < -0.39 is 12.1 Å².